The summed E-state index contributed by atoms with van der Waals surface area (Å²) in [4.78, 5) is 266. The number of carboxylic acid groups (broad SMARTS) is 4. The van der Waals surface area contributed by atoms with E-state index < -0.39 is 262 Å². The first-order chi connectivity index (χ1) is 55.4. The fourth-order valence-corrected chi connectivity index (χ4v) is 12.4. The number of nitrogens with two attached hydrogens (primary N) is 2. The highest BCUT2D eigenvalue weighted by molar-refractivity contribution is 6.02. The van der Waals surface area contributed by atoms with Crippen LogP contribution < -0.4 is 80.6 Å². The third-order valence-corrected chi connectivity index (χ3v) is 18.9. The molecule has 0 aliphatic carbocycles. The lowest BCUT2D eigenvalue weighted by molar-refractivity contribution is -0.156. The fraction of sp³-hybridized carbons (Fsp3) is 0.527. The lowest BCUT2D eigenvalue weighted by Gasteiger charge is -2.30. The first-order valence-electron chi connectivity index (χ1n) is 37.7. The van der Waals surface area contributed by atoms with Crippen LogP contribution in [-0.4, -0.2) is 259 Å². The molecule has 0 spiro atoms. The van der Waals surface area contributed by atoms with Crippen LogP contribution >= 0.6 is 0 Å². The third kappa shape index (κ3) is 31.2. The zero-order chi connectivity index (χ0) is 86.8. The van der Waals surface area contributed by atoms with Crippen LogP contribution in [0.1, 0.15) is 129 Å². The monoisotopic (exact) mass is 1650 g/mol. The number of hydrogen-bond donors (Lipinski definition) is 23. The molecule has 43 heteroatoms. The van der Waals surface area contributed by atoms with Crippen LogP contribution in [0.2, 0.25) is 0 Å². The second-order valence-corrected chi connectivity index (χ2v) is 28.2. The van der Waals surface area contributed by atoms with Crippen molar-refractivity contribution >= 4 is 134 Å². The van der Waals surface area contributed by atoms with Gasteiger partial charge in [-0.3, -0.25) is 86.3 Å². The number of aliphatic hydroxyl groups is 2. The number of hydrogen-bond acceptors (Lipinski definition) is 23. The summed E-state index contributed by atoms with van der Waals surface area (Å²) >= 11 is 0. The number of nitrogens with one attached hydrogen (secondary N) is 15. The van der Waals surface area contributed by atoms with Gasteiger partial charge in [-0.25, -0.2) is 4.79 Å². The van der Waals surface area contributed by atoms with E-state index >= 15 is 4.79 Å². The number of amides is 14. The molecule has 43 nitrogen and oxygen atoms in total. The number of carbonyl (C=O) groups excluding carboxylic acids is 15. The number of aliphatic hydroxyl groups excluding tert-OH is 2. The van der Waals surface area contributed by atoms with Crippen LogP contribution in [0, 0.1) is 11.8 Å². The van der Waals surface area contributed by atoms with Gasteiger partial charge in [0.05, 0.1) is 58.4 Å². The normalized spacial score (nSPS) is 21.4. The molecule has 4 aromatic rings. The Kier molecular flexibility index (Phi) is 38.3. The zero-order valence-corrected chi connectivity index (χ0v) is 64.7. The maximum absolute atomic E-state index is 15.0. The molecule has 0 saturated carbocycles. The number of cyclic esters (lactones) is 1. The SMILES string of the molecule is CCC(C)CCCCCCC(=O)NC(Cc1c[nH]c2ccccc12)C(=O)NC(CC(N)=O)C(=O)NC(CC(=O)O)C(=O)NC1C(=O)NCC(=O)NC(CCCN)C(=O)NC(CC(=O)O)C(=O)NC(CO)C(=O)NC(CC(=O)O)C(=O)NCC(=O)NC(CO)C(=O)NC(C(C)CC(=O)O)C(=O)NC(Cc2c[nH]c3ccccc23)C(=O)OC1C. The van der Waals surface area contributed by atoms with E-state index in [4.69, 9.17) is 16.2 Å². The molecule has 0 radical (unpaired) electrons. The van der Waals surface area contributed by atoms with Crippen molar-refractivity contribution in [1.82, 2.24) is 79.1 Å². The highest BCUT2D eigenvalue weighted by Gasteiger charge is 2.41. The summed E-state index contributed by atoms with van der Waals surface area (Å²) in [5.74, 6) is -27.9. The van der Waals surface area contributed by atoms with Crippen molar-refractivity contribution < 1.29 is 126 Å². The van der Waals surface area contributed by atoms with Gasteiger partial charge in [-0.05, 0) is 67.8 Å². The fourth-order valence-electron chi connectivity index (χ4n) is 12.4. The molecule has 3 heterocycles. The summed E-state index contributed by atoms with van der Waals surface area (Å²) < 4.78 is 5.84. The minimum Gasteiger partial charge on any atom is -0.481 e. The van der Waals surface area contributed by atoms with E-state index in [1.807, 2.05) is 21.3 Å². The highest BCUT2D eigenvalue weighted by Crippen LogP contribution is 2.23. The van der Waals surface area contributed by atoms with Crippen LogP contribution in [0.5, 0.6) is 0 Å². The predicted octanol–water partition coefficient (Wildman–Crippen LogP) is -5.53. The Hall–Kier alpha value is -12.7. The molecule has 1 aliphatic heterocycles. The molecule has 117 heavy (non-hydrogen) atoms. The number of benzene rings is 2. The second kappa shape index (κ2) is 47.2. The highest BCUT2D eigenvalue weighted by atomic mass is 16.5. The number of ether oxygens (including phenoxy) is 1. The maximum Gasteiger partial charge on any atom is 0.329 e. The number of unbranched alkanes of at least 4 members (excludes halogenated alkanes) is 3. The summed E-state index contributed by atoms with van der Waals surface area (Å²) in [5, 5.41) is 89.8. The number of primary amides is 1. The molecule has 1 aliphatic rings. The van der Waals surface area contributed by atoms with E-state index in [9.17, 15) is 117 Å². The molecule has 1 fully saturated rings. The van der Waals surface area contributed by atoms with Crippen molar-refractivity contribution in [2.75, 3.05) is 32.8 Å². The summed E-state index contributed by atoms with van der Waals surface area (Å²) in [7, 11) is 0. The molecule has 640 valence electrons. The van der Waals surface area contributed by atoms with Gasteiger partial charge in [-0.15, -0.1) is 0 Å². The second-order valence-electron chi connectivity index (χ2n) is 28.2. The lowest BCUT2D eigenvalue weighted by atomic mass is 9.96. The Morgan fingerprint density at radius 3 is 1.57 bits per heavy atom. The van der Waals surface area contributed by atoms with E-state index in [0.29, 0.717) is 46.1 Å². The summed E-state index contributed by atoms with van der Waals surface area (Å²) in [6, 6.07) is -9.24. The molecule has 25 N–H and O–H groups in total. The van der Waals surface area contributed by atoms with Gasteiger partial charge < -0.3 is 126 Å². The number of aliphatic carboxylic acids is 4. The Bertz CT molecular complexity index is 4240. The van der Waals surface area contributed by atoms with Crippen molar-refractivity contribution in [3.8, 4) is 0 Å². The van der Waals surface area contributed by atoms with Crippen molar-refractivity contribution in [3.63, 3.8) is 0 Å². The number of aromatic amines is 2. The van der Waals surface area contributed by atoms with Gasteiger partial charge in [-0.2, -0.15) is 0 Å². The quantitative estimate of drug-likeness (QED) is 0.0151. The molecule has 1 saturated heterocycles. The van der Waals surface area contributed by atoms with E-state index in [1.165, 1.54) is 6.20 Å². The van der Waals surface area contributed by atoms with E-state index in [1.54, 1.807) is 54.7 Å². The molecule has 2 aromatic heterocycles. The molecule has 14 unspecified atom stereocenters. The van der Waals surface area contributed by atoms with Crippen LogP contribution in [0.3, 0.4) is 0 Å². The third-order valence-electron chi connectivity index (χ3n) is 18.9. The van der Waals surface area contributed by atoms with Crippen molar-refractivity contribution in [1.29, 1.82) is 0 Å². The zero-order valence-electron chi connectivity index (χ0n) is 64.7. The van der Waals surface area contributed by atoms with Crippen LogP contribution in [0.25, 0.3) is 21.8 Å². The van der Waals surface area contributed by atoms with Gasteiger partial charge in [0.25, 0.3) is 0 Å². The average Bonchev–Trinajstić information content (AvgIpc) is 1.74. The molecular weight excluding hydrogens is 1540 g/mol. The summed E-state index contributed by atoms with van der Waals surface area (Å²) in [6.07, 6.45) is -1.31. The first kappa shape index (κ1) is 94.9. The van der Waals surface area contributed by atoms with E-state index in [-0.39, 0.29) is 31.4 Å². The van der Waals surface area contributed by atoms with E-state index in [2.05, 4.69) is 71.7 Å². The van der Waals surface area contributed by atoms with Gasteiger partial charge in [0.2, 0.25) is 82.7 Å². The largest absolute Gasteiger partial charge is 0.481 e. The summed E-state index contributed by atoms with van der Waals surface area (Å²) in [5.41, 5.74) is 13.2. The standard InChI is InChI=1S/C74H103N17O26/c1-5-36(2)15-8-6-7-9-21-55(95)82-46(24-39-30-77-43-18-12-10-16-41(39)43)66(108)84-47(26-54(76)94)67(109)87-50(29-61(104)105)69(111)91-63-38(4)117-74(116)51(25-40-31-78-44-19-13-11-17-42(40)44)88-73(115)62(37(3)23-58(98)99)90-71(113)52(34-92)83-57(97)32-79-64(106)48(27-59(100)101)85-70(112)53(35-93)89-68(110)49(28-60(102)103)86-65(107)45(20-14-22-75)81-56(96)33-80-72(63)114/h10-13,16-19,30-31,36-38,45-53,62-63,77-78,92-93H,5-9,14-15,20-29,32-35,75H2,1-4H3,(H2,76,94)(H,79,106)(H,80,114)(H,81,96)(H,82,95)(H,83,97)(H,84,108)(H,85,112)(H,86,107)(H,87,109)(H,88,115)(H,89,110)(H,90,113)(H,91,111)(H,98,99)(H,100,101)(H,102,103)(H,104,105). The molecule has 5 rings (SSSR count). The number of para-hydroxylation sites is 2. The lowest BCUT2D eigenvalue weighted by Crippen LogP contribution is -2.62. The predicted molar refractivity (Wildman–Crippen MR) is 408 cm³/mol. The first-order valence-corrected chi connectivity index (χ1v) is 37.7. The minimum atomic E-state index is -2.38. The number of aromatic nitrogens is 2. The van der Waals surface area contributed by atoms with Gasteiger partial charge in [0, 0.05) is 53.5 Å². The molecule has 14 amide bonds. The molecule has 14 atom stereocenters. The Morgan fingerprint density at radius 1 is 0.521 bits per heavy atom. The van der Waals surface area contributed by atoms with Crippen LogP contribution in [-0.2, 0) is 109 Å². The number of carboxylic acids is 4. The number of carbonyl (C=O) groups is 19. The van der Waals surface area contributed by atoms with Crippen LogP contribution in [0.4, 0.5) is 0 Å². The average molecular weight is 1650 g/mol. The molecule has 2 aromatic carbocycles. The van der Waals surface area contributed by atoms with Gasteiger partial charge in [0.1, 0.15) is 72.6 Å². The van der Waals surface area contributed by atoms with Crippen LogP contribution in [0.15, 0.2) is 60.9 Å². The van der Waals surface area contributed by atoms with Crippen molar-refractivity contribution in [2.45, 2.75) is 203 Å². The number of rotatable bonds is 35. The summed E-state index contributed by atoms with van der Waals surface area (Å²) in [6.45, 7) is 1.12. The number of fused-ring (bicyclic) bond motifs is 2. The van der Waals surface area contributed by atoms with Crippen molar-refractivity contribution in [3.05, 3.63) is 72.1 Å². The Balaban J connectivity index is 1.60. The van der Waals surface area contributed by atoms with Gasteiger partial charge in [-0.1, -0.05) is 89.3 Å². The maximum atomic E-state index is 15.0. The Labute approximate surface area is 668 Å². The Morgan fingerprint density at radius 2 is 1.01 bits per heavy atom. The minimum absolute atomic E-state index is 0.0130. The molecular formula is C74H103N17O26. The molecule has 0 bridgehead atoms. The topological polar surface area (TPSA) is 695 Å². The number of esters is 1. The number of H-pyrrole nitrogens is 2. The van der Waals surface area contributed by atoms with Crippen molar-refractivity contribution in [2.24, 2.45) is 23.3 Å². The van der Waals surface area contributed by atoms with Gasteiger partial charge in [0.15, 0.2) is 0 Å². The van der Waals surface area contributed by atoms with Gasteiger partial charge >= 0.3 is 29.8 Å². The van der Waals surface area contributed by atoms with E-state index in [0.717, 1.165) is 39.5 Å². The smallest absolute Gasteiger partial charge is 0.329 e.